The van der Waals surface area contributed by atoms with Gasteiger partial charge in [0.2, 0.25) is 0 Å². The third-order valence-corrected chi connectivity index (χ3v) is 1.87. The molecule has 1 nitrogen and oxygen atoms in total. The molecule has 1 aliphatic carbocycles. The summed E-state index contributed by atoms with van der Waals surface area (Å²) in [4.78, 5) is 0. The maximum Gasteiger partial charge on any atom is 0.146 e. The molecule has 0 saturated heterocycles. The predicted molar refractivity (Wildman–Crippen MR) is 43.0 cm³/mol. The van der Waals surface area contributed by atoms with Crippen molar-refractivity contribution in [3.8, 4) is 0 Å². The molecule has 1 saturated carbocycles. The van der Waals surface area contributed by atoms with Gasteiger partial charge in [0.05, 0.1) is 5.69 Å². The molecule has 1 fully saturated rings. The quantitative estimate of drug-likeness (QED) is 0.717. The number of rotatable bonds is 2. The molecule has 0 amide bonds. The summed E-state index contributed by atoms with van der Waals surface area (Å²) in [5.74, 6) is -0.789. The standard InChI is InChI=1S/C9H9F2N/c10-6-1-4-8(11)9(5-6)12-7-2-3-7/h1,4-5,7,12H,2-3H2. The first-order valence-electron chi connectivity index (χ1n) is 3.97. The van der Waals surface area contributed by atoms with Crippen molar-refractivity contribution in [3.63, 3.8) is 0 Å². The highest BCUT2D eigenvalue weighted by molar-refractivity contribution is 5.46. The molecule has 64 valence electrons. The van der Waals surface area contributed by atoms with Gasteiger partial charge < -0.3 is 5.32 Å². The lowest BCUT2D eigenvalue weighted by molar-refractivity contribution is 0.602. The van der Waals surface area contributed by atoms with Gasteiger partial charge in [-0.1, -0.05) is 0 Å². The van der Waals surface area contributed by atoms with Gasteiger partial charge in [-0.3, -0.25) is 0 Å². The highest BCUT2D eigenvalue weighted by Crippen LogP contribution is 2.26. The molecule has 1 N–H and O–H groups in total. The van der Waals surface area contributed by atoms with Gasteiger partial charge in [0, 0.05) is 6.04 Å². The van der Waals surface area contributed by atoms with E-state index in [-0.39, 0.29) is 11.5 Å². The van der Waals surface area contributed by atoms with Crippen molar-refractivity contribution in [2.24, 2.45) is 0 Å². The van der Waals surface area contributed by atoms with E-state index in [0.29, 0.717) is 6.04 Å². The molecule has 0 bridgehead atoms. The highest BCUT2D eigenvalue weighted by atomic mass is 19.1. The van der Waals surface area contributed by atoms with Crippen LogP contribution in [-0.2, 0) is 0 Å². The van der Waals surface area contributed by atoms with Crippen LogP contribution in [0.15, 0.2) is 18.2 Å². The number of hydrogen-bond donors (Lipinski definition) is 1. The Kier molecular flexibility index (Phi) is 1.71. The minimum absolute atomic E-state index is 0.275. The first-order valence-corrected chi connectivity index (χ1v) is 3.97. The predicted octanol–water partition coefficient (Wildman–Crippen LogP) is 2.54. The summed E-state index contributed by atoms with van der Waals surface area (Å²) in [7, 11) is 0. The molecule has 0 aliphatic heterocycles. The van der Waals surface area contributed by atoms with Crippen LogP contribution in [0.1, 0.15) is 12.8 Å². The summed E-state index contributed by atoms with van der Waals surface area (Å²) in [6.07, 6.45) is 2.10. The fourth-order valence-corrected chi connectivity index (χ4v) is 1.06. The minimum atomic E-state index is -0.403. The van der Waals surface area contributed by atoms with Gasteiger partial charge in [-0.25, -0.2) is 8.78 Å². The SMILES string of the molecule is Fc1ccc(F)c(NC2CC2)c1. The van der Waals surface area contributed by atoms with Crippen molar-refractivity contribution < 1.29 is 8.78 Å². The molecule has 12 heavy (non-hydrogen) atoms. The smallest absolute Gasteiger partial charge is 0.146 e. The lowest BCUT2D eigenvalue weighted by atomic mass is 10.3. The summed E-state index contributed by atoms with van der Waals surface area (Å²) in [5, 5.41) is 2.91. The minimum Gasteiger partial charge on any atom is -0.380 e. The third kappa shape index (κ3) is 1.55. The second kappa shape index (κ2) is 2.73. The van der Waals surface area contributed by atoms with Crippen LogP contribution in [0.25, 0.3) is 0 Å². The molecule has 3 heteroatoms. The zero-order valence-corrected chi connectivity index (χ0v) is 6.48. The van der Waals surface area contributed by atoms with Crippen LogP contribution in [0.5, 0.6) is 0 Å². The van der Waals surface area contributed by atoms with Crippen LogP contribution in [0.2, 0.25) is 0 Å². The molecule has 2 rings (SSSR count). The molecule has 0 heterocycles. The van der Waals surface area contributed by atoms with E-state index in [1.165, 1.54) is 6.07 Å². The zero-order chi connectivity index (χ0) is 8.55. The molecule has 0 spiro atoms. The van der Waals surface area contributed by atoms with Crippen molar-refractivity contribution in [1.29, 1.82) is 0 Å². The van der Waals surface area contributed by atoms with Crippen LogP contribution < -0.4 is 5.32 Å². The lowest BCUT2D eigenvalue weighted by Gasteiger charge is -2.04. The fraction of sp³-hybridized carbons (Fsp3) is 0.333. The van der Waals surface area contributed by atoms with Crippen LogP contribution >= 0.6 is 0 Å². The Hall–Kier alpha value is -1.12. The topological polar surface area (TPSA) is 12.0 Å². The number of hydrogen-bond acceptors (Lipinski definition) is 1. The number of benzene rings is 1. The Morgan fingerprint density at radius 1 is 1.25 bits per heavy atom. The van der Waals surface area contributed by atoms with E-state index < -0.39 is 5.82 Å². The van der Waals surface area contributed by atoms with E-state index in [1.807, 2.05) is 0 Å². The van der Waals surface area contributed by atoms with Crippen LogP contribution in [-0.4, -0.2) is 6.04 Å². The second-order valence-electron chi connectivity index (χ2n) is 3.04. The van der Waals surface area contributed by atoms with Gasteiger partial charge in [-0.05, 0) is 31.0 Å². The summed E-state index contributed by atoms with van der Waals surface area (Å²) < 4.78 is 25.5. The highest BCUT2D eigenvalue weighted by Gasteiger charge is 2.22. The first kappa shape index (κ1) is 7.53. The van der Waals surface area contributed by atoms with Crippen molar-refractivity contribution >= 4 is 5.69 Å². The van der Waals surface area contributed by atoms with Gasteiger partial charge in [-0.2, -0.15) is 0 Å². The molecule has 0 atom stereocenters. The maximum atomic E-state index is 12.9. The van der Waals surface area contributed by atoms with E-state index in [2.05, 4.69) is 5.32 Å². The van der Waals surface area contributed by atoms with Gasteiger partial charge in [0.25, 0.3) is 0 Å². The summed E-state index contributed by atoms with van der Waals surface area (Å²) in [6.45, 7) is 0. The summed E-state index contributed by atoms with van der Waals surface area (Å²) in [6, 6.07) is 3.79. The summed E-state index contributed by atoms with van der Waals surface area (Å²) in [5.41, 5.74) is 0.275. The van der Waals surface area contributed by atoms with E-state index in [4.69, 9.17) is 0 Å². The van der Waals surface area contributed by atoms with E-state index in [0.717, 1.165) is 25.0 Å². The Labute approximate surface area is 69.4 Å². The second-order valence-corrected chi connectivity index (χ2v) is 3.04. The summed E-state index contributed by atoms with van der Waals surface area (Å²) >= 11 is 0. The largest absolute Gasteiger partial charge is 0.380 e. The van der Waals surface area contributed by atoms with Gasteiger partial charge in [0.15, 0.2) is 0 Å². The van der Waals surface area contributed by atoms with Crippen molar-refractivity contribution in [2.45, 2.75) is 18.9 Å². The Morgan fingerprint density at radius 2 is 2.00 bits per heavy atom. The van der Waals surface area contributed by atoms with E-state index >= 15 is 0 Å². The maximum absolute atomic E-state index is 12.9. The Bertz CT molecular complexity index is 295. The average molecular weight is 169 g/mol. The fourth-order valence-electron chi connectivity index (χ4n) is 1.06. The number of anilines is 1. The van der Waals surface area contributed by atoms with E-state index in [9.17, 15) is 8.78 Å². The van der Waals surface area contributed by atoms with Gasteiger partial charge in [0.1, 0.15) is 11.6 Å². The zero-order valence-electron chi connectivity index (χ0n) is 6.48. The van der Waals surface area contributed by atoms with Gasteiger partial charge >= 0.3 is 0 Å². The normalized spacial score (nSPS) is 16.2. The van der Waals surface area contributed by atoms with Gasteiger partial charge in [-0.15, -0.1) is 0 Å². The van der Waals surface area contributed by atoms with Crippen molar-refractivity contribution in [3.05, 3.63) is 29.8 Å². The molecule has 0 unspecified atom stereocenters. The molecule has 0 aromatic heterocycles. The lowest BCUT2D eigenvalue weighted by Crippen LogP contribution is -2.03. The molecule has 1 aliphatic rings. The van der Waals surface area contributed by atoms with E-state index in [1.54, 1.807) is 0 Å². The van der Waals surface area contributed by atoms with Crippen LogP contribution in [0, 0.1) is 11.6 Å². The average Bonchev–Trinajstić information content (AvgIpc) is 2.81. The third-order valence-electron chi connectivity index (χ3n) is 1.87. The number of halogens is 2. The molecular formula is C9H9F2N. The van der Waals surface area contributed by atoms with Crippen LogP contribution in [0.3, 0.4) is 0 Å². The van der Waals surface area contributed by atoms with Crippen LogP contribution in [0.4, 0.5) is 14.5 Å². The molecular weight excluding hydrogens is 160 g/mol. The molecule has 0 radical (unpaired) electrons. The Balaban J connectivity index is 2.21. The Morgan fingerprint density at radius 3 is 2.67 bits per heavy atom. The number of nitrogens with one attached hydrogen (secondary N) is 1. The van der Waals surface area contributed by atoms with Crippen molar-refractivity contribution in [1.82, 2.24) is 0 Å². The molecule has 1 aromatic carbocycles. The first-order chi connectivity index (χ1) is 5.75. The molecule has 1 aromatic rings. The monoisotopic (exact) mass is 169 g/mol. The van der Waals surface area contributed by atoms with Crippen molar-refractivity contribution in [2.75, 3.05) is 5.32 Å².